The Morgan fingerprint density at radius 1 is 1.28 bits per heavy atom. The van der Waals surface area contributed by atoms with E-state index < -0.39 is 11.9 Å². The molecule has 1 aromatic carbocycles. The Hall–Kier alpha value is -1.30. The van der Waals surface area contributed by atoms with Crippen LogP contribution in [0, 0.1) is 5.92 Å². The van der Waals surface area contributed by atoms with E-state index in [0.29, 0.717) is 10.9 Å². The molecule has 0 bridgehead atoms. The van der Waals surface area contributed by atoms with E-state index in [0.717, 1.165) is 38.9 Å². The monoisotopic (exact) mass is 385 g/mol. The summed E-state index contributed by atoms with van der Waals surface area (Å²) in [6.07, 6.45) is 3.15. The number of likely N-dealkylation sites (tertiary alicyclic amines) is 1. The minimum absolute atomic E-state index is 0.0569. The van der Waals surface area contributed by atoms with Gasteiger partial charge in [0.15, 0.2) is 0 Å². The highest BCUT2D eigenvalue weighted by molar-refractivity contribution is 6.43. The highest BCUT2D eigenvalue weighted by Gasteiger charge is 2.27. The number of rotatable bonds is 6. The highest BCUT2D eigenvalue weighted by atomic mass is 35.5. The maximum atomic E-state index is 12.6. The van der Waals surface area contributed by atoms with Crippen LogP contribution in [-0.2, 0) is 4.79 Å². The van der Waals surface area contributed by atoms with Crippen LogP contribution in [0.3, 0.4) is 0 Å². The molecule has 1 saturated heterocycles. The number of nitrogens with one attached hydrogen (secondary N) is 2. The first-order chi connectivity index (χ1) is 11.9. The summed E-state index contributed by atoms with van der Waals surface area (Å²) in [6, 6.07) is 4.27. The first-order valence-electron chi connectivity index (χ1n) is 8.62. The molecule has 1 fully saturated rings. The molecule has 5 nitrogen and oxygen atoms in total. The van der Waals surface area contributed by atoms with Gasteiger partial charge in [-0.3, -0.25) is 9.59 Å². The fraction of sp³-hybridized carbons (Fsp3) is 0.556. The Morgan fingerprint density at radius 2 is 1.96 bits per heavy atom. The molecule has 2 N–H and O–H groups in total. The Labute approximate surface area is 159 Å². The van der Waals surface area contributed by atoms with Crippen molar-refractivity contribution < 1.29 is 9.59 Å². The van der Waals surface area contributed by atoms with Crippen molar-refractivity contribution in [2.45, 2.75) is 32.2 Å². The van der Waals surface area contributed by atoms with Gasteiger partial charge in [-0.1, -0.05) is 29.3 Å². The van der Waals surface area contributed by atoms with Gasteiger partial charge in [0.1, 0.15) is 6.04 Å². The number of benzene rings is 1. The summed E-state index contributed by atoms with van der Waals surface area (Å²) >= 11 is 12.0. The quantitative estimate of drug-likeness (QED) is 0.790. The fourth-order valence-electron chi connectivity index (χ4n) is 3.08. The van der Waals surface area contributed by atoms with E-state index in [1.807, 2.05) is 11.9 Å². The lowest BCUT2D eigenvalue weighted by atomic mass is 9.93. The predicted octanol–water partition coefficient (Wildman–Crippen LogP) is 2.96. The zero-order valence-corrected chi connectivity index (χ0v) is 16.2. The summed E-state index contributed by atoms with van der Waals surface area (Å²) in [5.41, 5.74) is 0.277. The number of carbonyl (C=O) groups excluding carboxylic acids is 2. The maximum absolute atomic E-state index is 12.6. The molecule has 1 aliphatic heterocycles. The Bertz CT molecular complexity index is 616. The number of nitrogens with zero attached hydrogens (tertiary/aromatic N) is 1. The average molecular weight is 386 g/mol. The van der Waals surface area contributed by atoms with E-state index in [1.54, 1.807) is 25.1 Å². The molecule has 25 heavy (non-hydrogen) atoms. The maximum Gasteiger partial charge on any atom is 0.253 e. The van der Waals surface area contributed by atoms with E-state index >= 15 is 0 Å². The lowest BCUT2D eigenvalue weighted by Crippen LogP contribution is -2.49. The van der Waals surface area contributed by atoms with Gasteiger partial charge >= 0.3 is 0 Å². The molecule has 1 atom stereocenters. The van der Waals surface area contributed by atoms with E-state index in [-0.39, 0.29) is 16.5 Å². The second-order valence-electron chi connectivity index (χ2n) is 6.46. The van der Waals surface area contributed by atoms with Gasteiger partial charge in [0.05, 0.1) is 15.6 Å². The zero-order valence-electron chi connectivity index (χ0n) is 14.6. The van der Waals surface area contributed by atoms with Crippen LogP contribution in [0.25, 0.3) is 0 Å². The summed E-state index contributed by atoms with van der Waals surface area (Å²) in [4.78, 5) is 26.8. The van der Waals surface area contributed by atoms with Crippen LogP contribution in [-0.4, -0.2) is 49.4 Å². The van der Waals surface area contributed by atoms with Gasteiger partial charge in [-0.25, -0.2) is 0 Å². The molecule has 1 aliphatic rings. The molecule has 2 rings (SSSR count). The van der Waals surface area contributed by atoms with E-state index in [2.05, 4.69) is 10.6 Å². The Kier molecular flexibility index (Phi) is 7.54. The van der Waals surface area contributed by atoms with Gasteiger partial charge in [0, 0.05) is 13.1 Å². The summed E-state index contributed by atoms with van der Waals surface area (Å²) in [5, 5.41) is 6.41. The lowest BCUT2D eigenvalue weighted by Gasteiger charge is -2.33. The van der Waals surface area contributed by atoms with E-state index in [9.17, 15) is 9.59 Å². The number of halogens is 2. The molecule has 2 amide bonds. The van der Waals surface area contributed by atoms with Crippen LogP contribution < -0.4 is 10.6 Å². The minimum atomic E-state index is -0.601. The molecular weight excluding hydrogens is 361 g/mol. The van der Waals surface area contributed by atoms with Crippen molar-refractivity contribution in [2.24, 2.45) is 5.92 Å². The van der Waals surface area contributed by atoms with Crippen LogP contribution in [0.15, 0.2) is 18.2 Å². The van der Waals surface area contributed by atoms with E-state index in [1.165, 1.54) is 0 Å². The third kappa shape index (κ3) is 5.33. The molecule has 0 aliphatic carbocycles. The SMILES string of the molecule is CNCCC1CCN(C(=O)C(C)NC(=O)c2cccc(Cl)c2Cl)CC1. The van der Waals surface area contributed by atoms with Crippen molar-refractivity contribution in [3.05, 3.63) is 33.8 Å². The number of amides is 2. The minimum Gasteiger partial charge on any atom is -0.341 e. The molecule has 1 aromatic rings. The normalized spacial score (nSPS) is 16.6. The van der Waals surface area contributed by atoms with Gasteiger partial charge in [-0.2, -0.15) is 0 Å². The van der Waals surface area contributed by atoms with E-state index in [4.69, 9.17) is 23.2 Å². The van der Waals surface area contributed by atoms with Crippen LogP contribution in [0.4, 0.5) is 0 Å². The fourth-order valence-corrected chi connectivity index (χ4v) is 3.47. The second-order valence-corrected chi connectivity index (χ2v) is 7.24. The zero-order chi connectivity index (χ0) is 18.4. The highest BCUT2D eigenvalue weighted by Crippen LogP contribution is 2.25. The van der Waals surface area contributed by atoms with Gasteiger partial charge in [-0.05, 0) is 57.8 Å². The van der Waals surface area contributed by atoms with Crippen molar-refractivity contribution in [1.29, 1.82) is 0 Å². The number of hydrogen-bond acceptors (Lipinski definition) is 3. The Morgan fingerprint density at radius 3 is 2.60 bits per heavy atom. The molecule has 1 heterocycles. The average Bonchev–Trinajstić information content (AvgIpc) is 2.61. The molecule has 0 radical (unpaired) electrons. The summed E-state index contributed by atoms with van der Waals surface area (Å²) in [5.74, 6) is 0.211. The molecule has 1 unspecified atom stereocenters. The van der Waals surface area contributed by atoms with Crippen LogP contribution in [0.2, 0.25) is 10.0 Å². The van der Waals surface area contributed by atoms with Crippen molar-refractivity contribution >= 4 is 35.0 Å². The van der Waals surface area contributed by atoms with Gasteiger partial charge in [0.2, 0.25) is 5.91 Å². The van der Waals surface area contributed by atoms with Crippen molar-refractivity contribution in [3.63, 3.8) is 0 Å². The number of piperidine rings is 1. The topological polar surface area (TPSA) is 61.4 Å². The summed E-state index contributed by atoms with van der Waals surface area (Å²) in [6.45, 7) is 4.19. The van der Waals surface area contributed by atoms with Crippen LogP contribution in [0.1, 0.15) is 36.5 Å². The van der Waals surface area contributed by atoms with Crippen molar-refractivity contribution in [1.82, 2.24) is 15.5 Å². The first kappa shape index (κ1) is 20.0. The first-order valence-corrected chi connectivity index (χ1v) is 9.38. The lowest BCUT2D eigenvalue weighted by molar-refractivity contribution is -0.134. The van der Waals surface area contributed by atoms with Gasteiger partial charge < -0.3 is 15.5 Å². The van der Waals surface area contributed by atoms with Crippen LogP contribution >= 0.6 is 23.2 Å². The molecule has 0 spiro atoms. The molecule has 7 heteroatoms. The van der Waals surface area contributed by atoms with Crippen molar-refractivity contribution in [2.75, 3.05) is 26.7 Å². The van der Waals surface area contributed by atoms with Gasteiger partial charge in [0.25, 0.3) is 5.91 Å². The standard InChI is InChI=1S/C18H25Cl2N3O2/c1-12(22-17(24)14-4-3-5-15(19)16(14)20)18(25)23-10-7-13(8-11-23)6-9-21-2/h3-5,12-13,21H,6-11H2,1-2H3,(H,22,24). The number of hydrogen-bond donors (Lipinski definition) is 2. The number of carbonyl (C=O) groups is 2. The third-order valence-corrected chi connectivity index (χ3v) is 5.46. The second kappa shape index (κ2) is 9.41. The smallest absolute Gasteiger partial charge is 0.253 e. The molecule has 0 aromatic heterocycles. The van der Waals surface area contributed by atoms with Gasteiger partial charge in [-0.15, -0.1) is 0 Å². The summed E-state index contributed by atoms with van der Waals surface area (Å²) in [7, 11) is 1.95. The molecule has 138 valence electrons. The summed E-state index contributed by atoms with van der Waals surface area (Å²) < 4.78 is 0. The predicted molar refractivity (Wildman–Crippen MR) is 101 cm³/mol. The largest absolute Gasteiger partial charge is 0.341 e. The third-order valence-electron chi connectivity index (χ3n) is 4.64. The van der Waals surface area contributed by atoms with Crippen LogP contribution in [0.5, 0.6) is 0 Å². The van der Waals surface area contributed by atoms with Crippen molar-refractivity contribution in [3.8, 4) is 0 Å². The Balaban J connectivity index is 1.88. The molecular formula is C18H25Cl2N3O2. The molecule has 0 saturated carbocycles.